The first kappa shape index (κ1) is 14.5. The van der Waals surface area contributed by atoms with Crippen molar-refractivity contribution in [2.45, 2.75) is 20.3 Å². The van der Waals surface area contributed by atoms with Gasteiger partial charge in [-0.05, 0) is 12.2 Å². The van der Waals surface area contributed by atoms with Crippen molar-refractivity contribution in [2.75, 3.05) is 18.1 Å². The molecule has 0 rings (SSSR count). The molecule has 0 aromatic heterocycles. The van der Waals surface area contributed by atoms with E-state index in [9.17, 15) is 14.4 Å². The van der Waals surface area contributed by atoms with Crippen molar-refractivity contribution in [1.82, 2.24) is 5.32 Å². The Bertz CT molecular complexity index is 244. The topological polar surface area (TPSA) is 63.2 Å². The van der Waals surface area contributed by atoms with E-state index in [0.717, 1.165) is 23.9 Å². The van der Waals surface area contributed by atoms with Gasteiger partial charge in [0, 0.05) is 5.75 Å². The number of thioether (sulfide) groups is 2. The van der Waals surface area contributed by atoms with Gasteiger partial charge in [-0.2, -0.15) is 0 Å². The third kappa shape index (κ3) is 7.44. The first-order valence-electron chi connectivity index (χ1n) is 4.72. The first-order valence-corrected chi connectivity index (χ1v) is 6.69. The second kappa shape index (κ2) is 8.79. The van der Waals surface area contributed by atoms with Crippen molar-refractivity contribution in [2.24, 2.45) is 0 Å². The highest BCUT2D eigenvalue weighted by molar-refractivity contribution is 8.15. The Hall–Kier alpha value is -0.490. The molecule has 0 unspecified atom stereocenters. The second-order valence-corrected chi connectivity index (χ2v) is 5.01. The lowest BCUT2D eigenvalue weighted by Gasteiger charge is -2.01. The fourth-order valence-corrected chi connectivity index (χ4v) is 1.76. The molecule has 0 atom stereocenters. The molecular formula is C9H15NO3S2. The summed E-state index contributed by atoms with van der Waals surface area (Å²) in [5, 5.41) is 1.65. The fraction of sp³-hybridized carbons (Fsp3) is 0.667. The molecule has 1 amide bonds. The zero-order valence-electron chi connectivity index (χ0n) is 8.87. The molecule has 86 valence electrons. The monoisotopic (exact) mass is 249 g/mol. The van der Waals surface area contributed by atoms with Gasteiger partial charge in [0.25, 0.3) is 11.0 Å². The second-order valence-electron chi connectivity index (χ2n) is 2.62. The Kier molecular flexibility index (Phi) is 8.50. The minimum atomic E-state index is -0.688. The van der Waals surface area contributed by atoms with Crippen molar-refractivity contribution < 1.29 is 14.4 Å². The van der Waals surface area contributed by atoms with Crippen LogP contribution in [0, 0.1) is 0 Å². The Labute approximate surface area is 97.9 Å². The van der Waals surface area contributed by atoms with Gasteiger partial charge in [0.15, 0.2) is 0 Å². The van der Waals surface area contributed by atoms with Gasteiger partial charge in [-0.15, -0.1) is 0 Å². The van der Waals surface area contributed by atoms with Crippen LogP contribution in [0.5, 0.6) is 0 Å². The number of nitrogens with one attached hydrogen (secondary N) is 1. The SMILES string of the molecule is CCCSC(=O)CNC(=O)C(=O)SCC. The van der Waals surface area contributed by atoms with Crippen LogP contribution in [0.25, 0.3) is 0 Å². The largest absolute Gasteiger partial charge is 0.341 e. The summed E-state index contributed by atoms with van der Waals surface area (Å²) in [4.78, 5) is 33.2. The highest BCUT2D eigenvalue weighted by Crippen LogP contribution is 2.03. The molecule has 0 aliphatic carbocycles. The molecule has 0 heterocycles. The van der Waals surface area contributed by atoms with E-state index in [-0.39, 0.29) is 11.7 Å². The normalized spacial score (nSPS) is 9.73. The van der Waals surface area contributed by atoms with Crippen LogP contribution in [0.3, 0.4) is 0 Å². The third-order valence-electron chi connectivity index (χ3n) is 1.32. The summed E-state index contributed by atoms with van der Waals surface area (Å²) in [6.07, 6.45) is 0.912. The Morgan fingerprint density at radius 2 is 1.80 bits per heavy atom. The van der Waals surface area contributed by atoms with Crippen LogP contribution >= 0.6 is 23.5 Å². The predicted molar refractivity (Wildman–Crippen MR) is 63.9 cm³/mol. The number of hydrogen-bond acceptors (Lipinski definition) is 5. The van der Waals surface area contributed by atoms with Gasteiger partial charge < -0.3 is 5.32 Å². The smallest absolute Gasteiger partial charge is 0.299 e. The summed E-state index contributed by atoms with van der Waals surface area (Å²) in [5.74, 6) is 0.615. The number of rotatable bonds is 5. The van der Waals surface area contributed by atoms with E-state index in [0.29, 0.717) is 5.75 Å². The average molecular weight is 249 g/mol. The van der Waals surface area contributed by atoms with Crippen LogP contribution in [-0.2, 0) is 14.4 Å². The third-order valence-corrected chi connectivity index (χ3v) is 3.14. The Morgan fingerprint density at radius 3 is 2.33 bits per heavy atom. The minimum Gasteiger partial charge on any atom is -0.341 e. The summed E-state index contributed by atoms with van der Waals surface area (Å²) < 4.78 is 0. The summed E-state index contributed by atoms with van der Waals surface area (Å²) in [6.45, 7) is 3.69. The summed E-state index contributed by atoms with van der Waals surface area (Å²) in [7, 11) is 0. The molecule has 0 bridgehead atoms. The van der Waals surface area contributed by atoms with Crippen LogP contribution in [0.1, 0.15) is 20.3 Å². The molecular weight excluding hydrogens is 234 g/mol. The fourth-order valence-electron chi connectivity index (χ4n) is 0.688. The lowest BCUT2D eigenvalue weighted by molar-refractivity contribution is -0.133. The van der Waals surface area contributed by atoms with Gasteiger partial charge in [-0.3, -0.25) is 14.4 Å². The van der Waals surface area contributed by atoms with Crippen molar-refractivity contribution in [3.05, 3.63) is 0 Å². The molecule has 0 fully saturated rings. The summed E-state index contributed by atoms with van der Waals surface area (Å²) >= 11 is 2.11. The Morgan fingerprint density at radius 1 is 1.13 bits per heavy atom. The predicted octanol–water partition coefficient (Wildman–Crippen LogP) is 1.05. The molecule has 0 aliphatic rings. The van der Waals surface area contributed by atoms with E-state index < -0.39 is 11.0 Å². The lowest BCUT2D eigenvalue weighted by Crippen LogP contribution is -2.33. The number of hydrogen-bond donors (Lipinski definition) is 1. The lowest BCUT2D eigenvalue weighted by atomic mass is 10.6. The van der Waals surface area contributed by atoms with Crippen LogP contribution in [-0.4, -0.2) is 34.2 Å². The molecule has 0 saturated heterocycles. The zero-order valence-corrected chi connectivity index (χ0v) is 10.5. The highest BCUT2D eigenvalue weighted by Gasteiger charge is 2.13. The van der Waals surface area contributed by atoms with Crippen molar-refractivity contribution >= 4 is 39.7 Å². The summed E-state index contributed by atoms with van der Waals surface area (Å²) in [6, 6.07) is 0. The quantitative estimate of drug-likeness (QED) is 0.738. The highest BCUT2D eigenvalue weighted by atomic mass is 32.2. The maximum Gasteiger partial charge on any atom is 0.299 e. The number of carbonyl (C=O) groups is 3. The van der Waals surface area contributed by atoms with Gasteiger partial charge >= 0.3 is 0 Å². The van der Waals surface area contributed by atoms with Crippen LogP contribution < -0.4 is 5.32 Å². The van der Waals surface area contributed by atoms with Gasteiger partial charge in [0.05, 0.1) is 6.54 Å². The maximum absolute atomic E-state index is 11.1. The molecule has 6 heteroatoms. The standard InChI is InChI=1S/C9H15NO3S2/c1-3-5-15-7(11)6-10-8(12)9(13)14-4-2/h3-6H2,1-2H3,(H,10,12). The van der Waals surface area contributed by atoms with E-state index in [2.05, 4.69) is 5.32 Å². The number of amides is 1. The number of carbonyl (C=O) groups excluding carboxylic acids is 3. The maximum atomic E-state index is 11.1. The Balaban J connectivity index is 3.70. The molecule has 0 radical (unpaired) electrons. The van der Waals surface area contributed by atoms with Gasteiger partial charge in [0.2, 0.25) is 5.12 Å². The summed E-state index contributed by atoms with van der Waals surface area (Å²) in [5.41, 5.74) is 0. The first-order chi connectivity index (χ1) is 7.11. The minimum absolute atomic E-state index is 0.0699. The van der Waals surface area contributed by atoms with Crippen molar-refractivity contribution in [3.8, 4) is 0 Å². The molecule has 0 aliphatic heterocycles. The van der Waals surface area contributed by atoms with Crippen LogP contribution in [0.15, 0.2) is 0 Å². The van der Waals surface area contributed by atoms with E-state index in [4.69, 9.17) is 0 Å². The molecule has 4 nitrogen and oxygen atoms in total. The van der Waals surface area contributed by atoms with Crippen molar-refractivity contribution in [1.29, 1.82) is 0 Å². The molecule has 15 heavy (non-hydrogen) atoms. The van der Waals surface area contributed by atoms with Crippen molar-refractivity contribution in [3.63, 3.8) is 0 Å². The van der Waals surface area contributed by atoms with E-state index >= 15 is 0 Å². The molecule has 1 N–H and O–H groups in total. The zero-order chi connectivity index (χ0) is 11.7. The van der Waals surface area contributed by atoms with Gasteiger partial charge in [-0.1, -0.05) is 37.4 Å². The molecule has 0 aromatic carbocycles. The van der Waals surface area contributed by atoms with E-state index in [1.165, 1.54) is 11.8 Å². The van der Waals surface area contributed by atoms with Gasteiger partial charge in [0.1, 0.15) is 0 Å². The van der Waals surface area contributed by atoms with Crippen LogP contribution in [0.2, 0.25) is 0 Å². The van der Waals surface area contributed by atoms with Gasteiger partial charge in [-0.25, -0.2) is 0 Å². The molecule has 0 saturated carbocycles. The molecule has 0 aromatic rings. The van der Waals surface area contributed by atoms with E-state index in [1.54, 1.807) is 6.92 Å². The average Bonchev–Trinajstić information content (AvgIpc) is 2.23. The van der Waals surface area contributed by atoms with Crippen LogP contribution in [0.4, 0.5) is 0 Å². The van der Waals surface area contributed by atoms with E-state index in [1.807, 2.05) is 6.92 Å². The molecule has 0 spiro atoms.